The van der Waals surface area contributed by atoms with Gasteiger partial charge in [0.1, 0.15) is 17.2 Å². The van der Waals surface area contributed by atoms with E-state index in [1.54, 1.807) is 18.6 Å². The first-order valence-corrected chi connectivity index (χ1v) is 10.8. The zero-order valence-corrected chi connectivity index (χ0v) is 17.1. The SMILES string of the molecule is C[C@H]1C2CCC(CC2)[C@@H]1Nc1nc(-c2c[nH]c3c(F)cc(F)cc23)nc2nccnc12. The molecule has 31 heavy (non-hydrogen) atoms. The molecular formula is C23H22F2N6. The van der Waals surface area contributed by atoms with E-state index in [0.717, 1.165) is 12.0 Å². The lowest BCUT2D eigenvalue weighted by molar-refractivity contribution is 0.0928. The summed E-state index contributed by atoms with van der Waals surface area (Å²) in [5.74, 6) is 1.60. The number of nitrogens with one attached hydrogen (secondary N) is 2. The Balaban J connectivity index is 1.49. The summed E-state index contributed by atoms with van der Waals surface area (Å²) in [7, 11) is 0. The van der Waals surface area contributed by atoms with Gasteiger partial charge in [-0.15, -0.1) is 0 Å². The first-order chi connectivity index (χ1) is 15.1. The molecular weight excluding hydrogens is 398 g/mol. The van der Waals surface area contributed by atoms with Crippen molar-refractivity contribution in [3.63, 3.8) is 0 Å². The number of aromatic amines is 1. The second kappa shape index (κ2) is 6.93. The normalized spacial score (nSPS) is 25.4. The minimum absolute atomic E-state index is 0.229. The molecule has 3 aliphatic carbocycles. The van der Waals surface area contributed by atoms with Gasteiger partial charge in [0.25, 0.3) is 0 Å². The summed E-state index contributed by atoms with van der Waals surface area (Å²) >= 11 is 0. The molecule has 4 aromatic rings. The molecule has 3 fully saturated rings. The molecule has 2 bridgehead atoms. The molecule has 0 saturated heterocycles. The van der Waals surface area contributed by atoms with Crippen molar-refractivity contribution in [2.24, 2.45) is 17.8 Å². The number of aromatic nitrogens is 5. The molecule has 0 spiro atoms. The van der Waals surface area contributed by atoms with Gasteiger partial charge < -0.3 is 10.3 Å². The molecule has 2 N–H and O–H groups in total. The van der Waals surface area contributed by atoms with E-state index in [1.165, 1.54) is 31.7 Å². The summed E-state index contributed by atoms with van der Waals surface area (Å²) in [4.78, 5) is 21.1. The van der Waals surface area contributed by atoms with Gasteiger partial charge in [-0.25, -0.2) is 28.7 Å². The van der Waals surface area contributed by atoms with Crippen molar-refractivity contribution >= 4 is 27.9 Å². The quantitative estimate of drug-likeness (QED) is 0.483. The molecule has 6 nitrogen and oxygen atoms in total. The van der Waals surface area contributed by atoms with E-state index in [0.29, 0.717) is 51.6 Å². The maximum atomic E-state index is 14.2. The third kappa shape index (κ3) is 2.96. The minimum Gasteiger partial charge on any atom is -0.365 e. The monoisotopic (exact) mass is 420 g/mol. The predicted octanol–water partition coefficient (Wildman–Crippen LogP) is 5.08. The standard InChI is InChI=1S/C23H22F2N6/c1-11-12-2-4-13(5-3-12)18(11)29-23-20-22(27-7-6-26-20)30-21(31-23)16-10-28-19-15(16)8-14(24)9-17(19)25/h6-13,18,28H,2-5H2,1H3,(H,27,29,30,31)/t11-,12?,13?,18+/m0/s1. The Morgan fingerprint density at radius 1 is 1.00 bits per heavy atom. The van der Waals surface area contributed by atoms with E-state index in [2.05, 4.69) is 32.2 Å². The molecule has 3 aromatic heterocycles. The van der Waals surface area contributed by atoms with Crippen LogP contribution in [0, 0.1) is 29.4 Å². The Bertz CT molecular complexity index is 1290. The van der Waals surface area contributed by atoms with E-state index in [9.17, 15) is 8.78 Å². The van der Waals surface area contributed by atoms with Gasteiger partial charge in [0, 0.05) is 41.6 Å². The van der Waals surface area contributed by atoms with Crippen LogP contribution < -0.4 is 5.32 Å². The third-order valence-electron chi connectivity index (χ3n) is 7.22. The second-order valence-electron chi connectivity index (χ2n) is 8.84. The van der Waals surface area contributed by atoms with Crippen molar-refractivity contribution in [2.75, 3.05) is 5.32 Å². The van der Waals surface area contributed by atoms with E-state index < -0.39 is 11.6 Å². The number of anilines is 1. The van der Waals surface area contributed by atoms with Crippen LogP contribution in [0.25, 0.3) is 33.5 Å². The second-order valence-corrected chi connectivity index (χ2v) is 8.84. The van der Waals surface area contributed by atoms with Gasteiger partial charge in [-0.3, -0.25) is 0 Å². The fourth-order valence-corrected chi connectivity index (χ4v) is 5.58. The van der Waals surface area contributed by atoms with Gasteiger partial charge in [0.2, 0.25) is 0 Å². The van der Waals surface area contributed by atoms with Crippen LogP contribution in [0.4, 0.5) is 14.6 Å². The summed E-state index contributed by atoms with van der Waals surface area (Å²) in [6.07, 6.45) is 9.88. The summed E-state index contributed by atoms with van der Waals surface area (Å²) in [5, 5.41) is 4.07. The fraction of sp³-hybridized carbons (Fsp3) is 0.391. The molecule has 0 radical (unpaired) electrons. The number of rotatable bonds is 3. The molecule has 0 aliphatic heterocycles. The van der Waals surface area contributed by atoms with Crippen molar-refractivity contribution in [3.05, 3.63) is 42.4 Å². The van der Waals surface area contributed by atoms with E-state index >= 15 is 0 Å². The first-order valence-electron chi connectivity index (χ1n) is 10.8. The van der Waals surface area contributed by atoms with Crippen molar-refractivity contribution in [3.8, 4) is 11.4 Å². The molecule has 3 saturated carbocycles. The van der Waals surface area contributed by atoms with Crippen LogP contribution in [0.1, 0.15) is 32.6 Å². The molecule has 3 heterocycles. The fourth-order valence-electron chi connectivity index (χ4n) is 5.58. The molecule has 2 atom stereocenters. The summed E-state index contributed by atoms with van der Waals surface area (Å²) in [5.41, 5.74) is 1.82. The van der Waals surface area contributed by atoms with Crippen molar-refractivity contribution < 1.29 is 8.78 Å². The number of nitrogens with zero attached hydrogens (tertiary/aromatic N) is 4. The molecule has 3 aliphatic rings. The lowest BCUT2D eigenvalue weighted by Gasteiger charge is -2.47. The van der Waals surface area contributed by atoms with Crippen LogP contribution in [0.2, 0.25) is 0 Å². The Morgan fingerprint density at radius 2 is 1.77 bits per heavy atom. The average Bonchev–Trinajstić information content (AvgIpc) is 3.20. The van der Waals surface area contributed by atoms with E-state index in [-0.39, 0.29) is 5.52 Å². The number of hydrogen-bond acceptors (Lipinski definition) is 5. The van der Waals surface area contributed by atoms with Gasteiger partial charge in [-0.05, 0) is 49.5 Å². The van der Waals surface area contributed by atoms with Gasteiger partial charge in [-0.2, -0.15) is 0 Å². The van der Waals surface area contributed by atoms with Crippen LogP contribution in [0.15, 0.2) is 30.7 Å². The molecule has 0 amide bonds. The average molecular weight is 420 g/mol. The third-order valence-corrected chi connectivity index (χ3v) is 7.22. The molecule has 0 unspecified atom stereocenters. The van der Waals surface area contributed by atoms with Gasteiger partial charge in [0.15, 0.2) is 17.3 Å². The predicted molar refractivity (Wildman–Crippen MR) is 114 cm³/mol. The topological polar surface area (TPSA) is 79.4 Å². The lowest BCUT2D eigenvalue weighted by atomic mass is 9.62. The highest BCUT2D eigenvalue weighted by molar-refractivity contribution is 5.95. The highest BCUT2D eigenvalue weighted by Crippen LogP contribution is 2.46. The minimum atomic E-state index is -0.646. The van der Waals surface area contributed by atoms with Gasteiger partial charge in [0.05, 0.1) is 5.52 Å². The van der Waals surface area contributed by atoms with Crippen LogP contribution in [-0.4, -0.2) is 31.0 Å². The van der Waals surface area contributed by atoms with Gasteiger partial charge in [-0.1, -0.05) is 6.92 Å². The first kappa shape index (κ1) is 18.6. The molecule has 8 heteroatoms. The number of H-pyrrole nitrogens is 1. The Hall–Kier alpha value is -3.16. The Labute approximate surface area is 177 Å². The number of fused-ring (bicyclic) bond motifs is 5. The smallest absolute Gasteiger partial charge is 0.184 e. The highest BCUT2D eigenvalue weighted by atomic mass is 19.1. The zero-order valence-electron chi connectivity index (χ0n) is 17.1. The zero-order chi connectivity index (χ0) is 21.1. The maximum Gasteiger partial charge on any atom is 0.184 e. The number of halogens is 2. The van der Waals surface area contributed by atoms with E-state index in [4.69, 9.17) is 4.98 Å². The Kier molecular flexibility index (Phi) is 4.16. The van der Waals surface area contributed by atoms with Crippen LogP contribution >= 0.6 is 0 Å². The highest BCUT2D eigenvalue weighted by Gasteiger charge is 2.41. The summed E-state index contributed by atoms with van der Waals surface area (Å²) in [6.45, 7) is 2.31. The van der Waals surface area contributed by atoms with Gasteiger partial charge >= 0.3 is 0 Å². The lowest BCUT2D eigenvalue weighted by Crippen LogP contribution is -2.47. The van der Waals surface area contributed by atoms with Crippen LogP contribution in [-0.2, 0) is 0 Å². The van der Waals surface area contributed by atoms with Crippen molar-refractivity contribution in [1.82, 2.24) is 24.9 Å². The Morgan fingerprint density at radius 3 is 2.58 bits per heavy atom. The summed E-state index contributed by atoms with van der Waals surface area (Å²) < 4.78 is 28.1. The number of benzene rings is 1. The molecule has 158 valence electrons. The summed E-state index contributed by atoms with van der Waals surface area (Å²) in [6, 6.07) is 2.48. The molecule has 1 aromatic carbocycles. The number of hydrogen-bond donors (Lipinski definition) is 2. The van der Waals surface area contributed by atoms with Crippen LogP contribution in [0.5, 0.6) is 0 Å². The van der Waals surface area contributed by atoms with E-state index in [1.807, 2.05) is 0 Å². The van der Waals surface area contributed by atoms with Crippen LogP contribution in [0.3, 0.4) is 0 Å². The van der Waals surface area contributed by atoms with Crippen molar-refractivity contribution in [2.45, 2.75) is 38.6 Å². The van der Waals surface area contributed by atoms with Crippen molar-refractivity contribution in [1.29, 1.82) is 0 Å². The largest absolute Gasteiger partial charge is 0.365 e. The molecule has 7 rings (SSSR count). The maximum absolute atomic E-state index is 14.2.